The van der Waals surface area contributed by atoms with Crippen LogP contribution in [0.2, 0.25) is 0 Å². The number of hydrogen-bond acceptors (Lipinski definition) is 6. The van der Waals surface area contributed by atoms with Gasteiger partial charge in [0.05, 0.1) is 23.4 Å². The van der Waals surface area contributed by atoms with E-state index >= 15 is 0 Å². The quantitative estimate of drug-likeness (QED) is 0.352. The Bertz CT molecular complexity index is 1600. The molecule has 38 heavy (non-hydrogen) atoms. The minimum absolute atomic E-state index is 0.241. The molecular weight excluding hydrogens is 485 g/mol. The van der Waals surface area contributed by atoms with Crippen molar-refractivity contribution in [3.05, 3.63) is 93.7 Å². The lowest BCUT2D eigenvalue weighted by atomic mass is 9.97. The summed E-state index contributed by atoms with van der Waals surface area (Å²) in [6, 6.07) is 17.8. The molecule has 2 N–H and O–H groups in total. The molecule has 0 spiro atoms. The fourth-order valence-electron chi connectivity index (χ4n) is 4.53. The van der Waals surface area contributed by atoms with Crippen LogP contribution in [-0.4, -0.2) is 54.3 Å². The van der Waals surface area contributed by atoms with Gasteiger partial charge in [-0.15, -0.1) is 0 Å². The van der Waals surface area contributed by atoms with Crippen molar-refractivity contribution < 1.29 is 13.9 Å². The van der Waals surface area contributed by atoms with E-state index < -0.39 is 6.09 Å². The topological polar surface area (TPSA) is 99.7 Å². The maximum atomic E-state index is 14.9. The average molecular weight is 514 g/mol. The number of aromatic nitrogens is 2. The van der Waals surface area contributed by atoms with Crippen molar-refractivity contribution >= 4 is 28.4 Å². The van der Waals surface area contributed by atoms with Crippen molar-refractivity contribution in [3.8, 4) is 11.1 Å². The highest BCUT2D eigenvalue weighted by Gasteiger charge is 2.19. The van der Waals surface area contributed by atoms with Gasteiger partial charge in [-0.1, -0.05) is 36.4 Å². The molecule has 8 nitrogen and oxygen atoms in total. The van der Waals surface area contributed by atoms with Crippen molar-refractivity contribution in [2.24, 2.45) is 4.99 Å². The van der Waals surface area contributed by atoms with Gasteiger partial charge < -0.3 is 9.64 Å². The van der Waals surface area contributed by atoms with Gasteiger partial charge in [0.15, 0.2) is 0 Å². The largest absolute Gasteiger partial charge is 0.449 e. The van der Waals surface area contributed by atoms with Crippen LogP contribution in [0.3, 0.4) is 0 Å². The Morgan fingerprint density at radius 2 is 1.92 bits per heavy atom. The molecule has 0 saturated carbocycles. The molecule has 5 rings (SSSR count). The highest BCUT2D eigenvalue weighted by molar-refractivity contribution is 6.01. The number of nitrogens with one attached hydrogen (secondary N) is 2. The first kappa shape index (κ1) is 25.3. The van der Waals surface area contributed by atoms with Crippen LogP contribution in [-0.2, 0) is 17.6 Å². The van der Waals surface area contributed by atoms with Gasteiger partial charge in [-0.3, -0.25) is 10.1 Å². The fourth-order valence-corrected chi connectivity index (χ4v) is 4.53. The van der Waals surface area contributed by atoms with E-state index in [9.17, 15) is 14.0 Å². The van der Waals surface area contributed by atoms with Crippen molar-refractivity contribution in [1.29, 1.82) is 0 Å². The van der Waals surface area contributed by atoms with E-state index in [1.54, 1.807) is 18.2 Å². The summed E-state index contributed by atoms with van der Waals surface area (Å²) in [7, 11) is 3.93. The van der Waals surface area contributed by atoms with Crippen LogP contribution in [0.5, 0.6) is 0 Å². The van der Waals surface area contributed by atoms with E-state index in [-0.39, 0.29) is 11.4 Å². The van der Waals surface area contributed by atoms with Gasteiger partial charge in [0.2, 0.25) is 0 Å². The van der Waals surface area contributed by atoms with Gasteiger partial charge in [0.25, 0.3) is 5.56 Å². The summed E-state index contributed by atoms with van der Waals surface area (Å²) < 4.78 is 20.1. The monoisotopic (exact) mass is 513 g/mol. The van der Waals surface area contributed by atoms with Crippen LogP contribution in [0.4, 0.5) is 14.9 Å². The lowest BCUT2D eigenvalue weighted by Gasteiger charge is -2.10. The molecule has 1 aromatic heterocycles. The van der Waals surface area contributed by atoms with Crippen LogP contribution >= 0.6 is 0 Å². The maximum Gasteiger partial charge on any atom is 0.412 e. The molecule has 4 aromatic rings. The molecule has 9 heteroatoms. The van der Waals surface area contributed by atoms with Gasteiger partial charge in [0.1, 0.15) is 11.7 Å². The number of aliphatic imine (C=N–C) groups is 1. The predicted octanol–water partition coefficient (Wildman–Crippen LogP) is 4.58. The molecule has 1 amide bonds. The normalized spacial score (nSPS) is 12.5. The number of benzene rings is 3. The smallest absolute Gasteiger partial charge is 0.412 e. The van der Waals surface area contributed by atoms with Crippen molar-refractivity contribution in [2.75, 3.05) is 27.2 Å². The van der Waals surface area contributed by atoms with E-state index in [0.29, 0.717) is 53.2 Å². The second-order valence-electron chi connectivity index (χ2n) is 9.53. The summed E-state index contributed by atoms with van der Waals surface area (Å²) >= 11 is 0. The highest BCUT2D eigenvalue weighted by atomic mass is 19.1. The van der Waals surface area contributed by atoms with Crippen LogP contribution in [0.15, 0.2) is 70.5 Å². The molecule has 0 atom stereocenters. The molecular formula is C29H28FN5O3. The van der Waals surface area contributed by atoms with Crippen LogP contribution < -0.4 is 10.9 Å². The number of aromatic amines is 1. The molecule has 194 valence electrons. The van der Waals surface area contributed by atoms with Gasteiger partial charge in [-0.25, -0.2) is 19.3 Å². The second kappa shape index (κ2) is 10.9. The van der Waals surface area contributed by atoms with Gasteiger partial charge in [-0.05, 0) is 61.5 Å². The number of hydrogen-bond donors (Lipinski definition) is 2. The number of carbonyl (C=O) groups excluding carboxylic acids is 1. The lowest BCUT2D eigenvalue weighted by Crippen LogP contribution is -2.31. The molecule has 1 aliphatic heterocycles. The number of carbonyl (C=O) groups is 1. The Kier molecular flexibility index (Phi) is 7.28. The first-order valence-electron chi connectivity index (χ1n) is 12.4. The minimum Gasteiger partial charge on any atom is -0.449 e. The highest BCUT2D eigenvalue weighted by Crippen LogP contribution is 2.33. The number of alkyl carbamates (subject to hydrolysis) is 1. The third-order valence-electron chi connectivity index (χ3n) is 6.42. The molecule has 2 heterocycles. The van der Waals surface area contributed by atoms with E-state index in [4.69, 9.17) is 4.74 Å². The summed E-state index contributed by atoms with van der Waals surface area (Å²) in [4.78, 5) is 30.8. The van der Waals surface area contributed by atoms with Crippen molar-refractivity contribution in [1.82, 2.24) is 20.4 Å². The first-order chi connectivity index (χ1) is 18.4. The SMILES string of the molecule is CN(C)CCCOC(=O)NC1=Nc2cc(-c3cc(Cc4n[nH]c(=O)c5ccccc45)ccc3F)ccc2C1. The summed E-state index contributed by atoms with van der Waals surface area (Å²) in [5, 5.41) is 10.8. The number of halogens is 1. The van der Waals surface area contributed by atoms with Crippen LogP contribution in [0, 0.1) is 5.82 Å². The zero-order chi connectivity index (χ0) is 26.6. The minimum atomic E-state index is -0.530. The Labute approximate surface area is 219 Å². The van der Waals surface area contributed by atoms with Crippen LogP contribution in [0.25, 0.3) is 21.9 Å². The molecule has 0 bridgehead atoms. The van der Waals surface area contributed by atoms with Gasteiger partial charge in [-0.2, -0.15) is 5.10 Å². The third kappa shape index (κ3) is 5.63. The van der Waals surface area contributed by atoms with Gasteiger partial charge in [0, 0.05) is 30.3 Å². The summed E-state index contributed by atoms with van der Waals surface area (Å²) in [5.41, 5.74) is 4.07. The van der Waals surface area contributed by atoms with Crippen molar-refractivity contribution in [2.45, 2.75) is 19.3 Å². The molecule has 0 unspecified atom stereocenters. The van der Waals surface area contributed by atoms with Crippen molar-refractivity contribution in [3.63, 3.8) is 0 Å². The number of ether oxygens (including phenoxy) is 1. The van der Waals surface area contributed by atoms with Gasteiger partial charge >= 0.3 is 6.09 Å². The van der Waals surface area contributed by atoms with E-state index in [0.717, 1.165) is 29.5 Å². The standard InChI is InChI=1S/C29H28FN5O3/c1-35(2)12-5-13-38-29(37)32-27-17-20-10-9-19(16-25(20)31-27)23-14-18(8-11-24(23)30)15-26-21-6-3-4-7-22(21)28(36)34-33-26/h3-4,6-11,14,16H,5,12-13,15,17H2,1-2H3,(H,34,36)(H,31,32,37). The number of amides is 1. The molecule has 0 aliphatic carbocycles. The molecule has 0 radical (unpaired) electrons. The number of nitrogens with zero attached hydrogens (tertiary/aromatic N) is 3. The Morgan fingerprint density at radius 1 is 1.11 bits per heavy atom. The molecule has 3 aromatic carbocycles. The summed E-state index contributed by atoms with van der Waals surface area (Å²) in [6.07, 6.45) is 1.11. The van der Waals surface area contributed by atoms with E-state index in [1.807, 2.05) is 55.4 Å². The number of amidine groups is 1. The Hall–Kier alpha value is -4.37. The summed E-state index contributed by atoms with van der Waals surface area (Å²) in [5.74, 6) is 0.148. The Balaban J connectivity index is 1.33. The first-order valence-corrected chi connectivity index (χ1v) is 12.4. The zero-order valence-electron chi connectivity index (χ0n) is 21.3. The fraction of sp³-hybridized carbons (Fsp3) is 0.241. The van der Waals surface area contributed by atoms with E-state index in [2.05, 4.69) is 20.5 Å². The van der Waals surface area contributed by atoms with E-state index in [1.165, 1.54) is 6.07 Å². The zero-order valence-corrected chi connectivity index (χ0v) is 21.3. The van der Waals surface area contributed by atoms with Crippen LogP contribution in [0.1, 0.15) is 23.2 Å². The second-order valence-corrected chi connectivity index (χ2v) is 9.53. The lowest BCUT2D eigenvalue weighted by molar-refractivity contribution is 0.146. The molecule has 1 aliphatic rings. The molecule has 0 saturated heterocycles. The number of fused-ring (bicyclic) bond motifs is 2. The summed E-state index contributed by atoms with van der Waals surface area (Å²) in [6.45, 7) is 1.16. The predicted molar refractivity (Wildman–Crippen MR) is 145 cm³/mol. The maximum absolute atomic E-state index is 14.9. The number of rotatable bonds is 7. The molecule has 0 fully saturated rings. The number of H-pyrrole nitrogens is 1. The average Bonchev–Trinajstić information content (AvgIpc) is 3.30. The Morgan fingerprint density at radius 3 is 2.74 bits per heavy atom. The third-order valence-corrected chi connectivity index (χ3v) is 6.42.